The summed E-state index contributed by atoms with van der Waals surface area (Å²) < 4.78 is 35.8. The lowest BCUT2D eigenvalue weighted by molar-refractivity contribution is -0.0498. The first-order valence-electron chi connectivity index (χ1n) is 7.54. The fourth-order valence-corrected chi connectivity index (χ4v) is 2.03. The van der Waals surface area contributed by atoms with Crippen molar-refractivity contribution in [1.82, 2.24) is 25.0 Å². The first-order valence-corrected chi connectivity index (χ1v) is 7.54. The van der Waals surface area contributed by atoms with Gasteiger partial charge in [-0.25, -0.2) is 14.6 Å². The van der Waals surface area contributed by atoms with E-state index in [0.717, 1.165) is 12.0 Å². The number of hydrogen-bond acceptors (Lipinski definition) is 6. The third-order valence-electron chi connectivity index (χ3n) is 3.29. The predicted molar refractivity (Wildman–Crippen MR) is 83.7 cm³/mol. The van der Waals surface area contributed by atoms with Crippen molar-refractivity contribution in [1.29, 1.82) is 0 Å². The third kappa shape index (κ3) is 4.46. The Balaban J connectivity index is 1.65. The van der Waals surface area contributed by atoms with Crippen LogP contribution in [0.1, 0.15) is 18.2 Å². The molecule has 2 aromatic heterocycles. The molecule has 0 N–H and O–H groups in total. The summed E-state index contributed by atoms with van der Waals surface area (Å²) in [6, 6.07) is 6.42. The smallest absolute Gasteiger partial charge is 0.387 e. The van der Waals surface area contributed by atoms with Crippen LogP contribution in [0.5, 0.6) is 11.8 Å². The molecule has 130 valence electrons. The van der Waals surface area contributed by atoms with Crippen LogP contribution in [0.4, 0.5) is 8.78 Å². The van der Waals surface area contributed by atoms with E-state index in [1.807, 2.05) is 6.92 Å². The number of aromatic nitrogens is 5. The standard InChI is InChI=1S/C16H15F2N5O2/c1-2-11-7-19-16(20-8-11)24-10-12-9-23(22-21-12)13-4-3-5-14(6-13)25-15(17)18/h3-9,15H,2,10H2,1H3. The molecule has 0 spiro atoms. The van der Waals surface area contributed by atoms with Crippen molar-refractivity contribution in [2.45, 2.75) is 26.6 Å². The second-order valence-corrected chi connectivity index (χ2v) is 5.05. The zero-order valence-corrected chi connectivity index (χ0v) is 13.3. The lowest BCUT2D eigenvalue weighted by Crippen LogP contribution is -2.03. The predicted octanol–water partition coefficient (Wildman–Crippen LogP) is 2.80. The molecule has 0 amide bonds. The number of rotatable bonds is 7. The van der Waals surface area contributed by atoms with Gasteiger partial charge in [0, 0.05) is 18.5 Å². The van der Waals surface area contributed by atoms with Gasteiger partial charge in [-0.2, -0.15) is 8.78 Å². The quantitative estimate of drug-likeness (QED) is 0.654. The number of nitrogens with zero attached hydrogens (tertiary/aromatic N) is 5. The topological polar surface area (TPSA) is 75.0 Å². The van der Waals surface area contributed by atoms with Gasteiger partial charge in [-0.1, -0.05) is 18.2 Å². The zero-order valence-electron chi connectivity index (χ0n) is 13.3. The Hall–Kier alpha value is -3.10. The number of aryl methyl sites for hydroxylation is 1. The Kier molecular flexibility index (Phi) is 5.12. The molecule has 0 atom stereocenters. The first-order chi connectivity index (χ1) is 12.1. The Morgan fingerprint density at radius 1 is 1.20 bits per heavy atom. The van der Waals surface area contributed by atoms with Crippen LogP contribution in [0.3, 0.4) is 0 Å². The van der Waals surface area contributed by atoms with Crippen molar-refractivity contribution >= 4 is 0 Å². The highest BCUT2D eigenvalue weighted by Crippen LogP contribution is 2.18. The van der Waals surface area contributed by atoms with E-state index in [1.165, 1.54) is 16.8 Å². The number of halogens is 2. The molecule has 0 aliphatic carbocycles. The second kappa shape index (κ2) is 7.65. The Morgan fingerprint density at radius 3 is 2.72 bits per heavy atom. The number of benzene rings is 1. The van der Waals surface area contributed by atoms with Crippen LogP contribution in [0.15, 0.2) is 42.9 Å². The van der Waals surface area contributed by atoms with Gasteiger partial charge < -0.3 is 9.47 Å². The number of alkyl halides is 2. The van der Waals surface area contributed by atoms with E-state index in [4.69, 9.17) is 4.74 Å². The monoisotopic (exact) mass is 347 g/mol. The number of ether oxygens (including phenoxy) is 2. The summed E-state index contributed by atoms with van der Waals surface area (Å²) in [4.78, 5) is 8.19. The van der Waals surface area contributed by atoms with E-state index in [9.17, 15) is 8.78 Å². The molecule has 25 heavy (non-hydrogen) atoms. The largest absolute Gasteiger partial charge is 0.457 e. The minimum absolute atomic E-state index is 0.0465. The van der Waals surface area contributed by atoms with Gasteiger partial charge >= 0.3 is 12.6 Å². The molecule has 0 saturated heterocycles. The van der Waals surface area contributed by atoms with Gasteiger partial charge in [-0.15, -0.1) is 5.10 Å². The van der Waals surface area contributed by atoms with Crippen molar-refractivity contribution in [3.05, 3.63) is 54.1 Å². The van der Waals surface area contributed by atoms with Gasteiger partial charge in [0.2, 0.25) is 0 Å². The minimum Gasteiger partial charge on any atom is -0.457 e. The normalized spacial score (nSPS) is 10.9. The average molecular weight is 347 g/mol. The molecule has 2 heterocycles. The molecule has 0 bridgehead atoms. The van der Waals surface area contributed by atoms with E-state index >= 15 is 0 Å². The molecular weight excluding hydrogens is 332 g/mol. The summed E-state index contributed by atoms with van der Waals surface area (Å²) in [5.41, 5.74) is 2.10. The van der Waals surface area contributed by atoms with Crippen molar-refractivity contribution < 1.29 is 18.3 Å². The SMILES string of the molecule is CCc1cnc(OCc2cn(-c3cccc(OC(F)F)c3)nn2)nc1. The molecule has 3 rings (SSSR count). The molecule has 9 heteroatoms. The summed E-state index contributed by atoms with van der Waals surface area (Å²) in [6.07, 6.45) is 5.88. The molecule has 0 fully saturated rings. The lowest BCUT2D eigenvalue weighted by Gasteiger charge is -2.06. The van der Waals surface area contributed by atoms with E-state index in [2.05, 4.69) is 25.0 Å². The number of hydrogen-bond donors (Lipinski definition) is 0. The van der Waals surface area contributed by atoms with Gasteiger partial charge in [0.25, 0.3) is 0 Å². The highest BCUT2D eigenvalue weighted by atomic mass is 19.3. The second-order valence-electron chi connectivity index (χ2n) is 5.05. The third-order valence-corrected chi connectivity index (χ3v) is 3.29. The van der Waals surface area contributed by atoms with Crippen LogP contribution < -0.4 is 9.47 Å². The molecule has 0 aliphatic heterocycles. The van der Waals surface area contributed by atoms with Gasteiger partial charge in [0.05, 0.1) is 11.9 Å². The maximum absolute atomic E-state index is 12.3. The van der Waals surface area contributed by atoms with Gasteiger partial charge in [-0.05, 0) is 24.1 Å². The van der Waals surface area contributed by atoms with E-state index < -0.39 is 6.61 Å². The van der Waals surface area contributed by atoms with Gasteiger partial charge in [0.15, 0.2) is 0 Å². The lowest BCUT2D eigenvalue weighted by atomic mass is 10.3. The molecule has 7 nitrogen and oxygen atoms in total. The van der Waals surface area contributed by atoms with E-state index in [1.54, 1.807) is 30.7 Å². The Morgan fingerprint density at radius 2 is 2.00 bits per heavy atom. The van der Waals surface area contributed by atoms with Crippen LogP contribution in [0.25, 0.3) is 5.69 Å². The zero-order chi connectivity index (χ0) is 17.6. The summed E-state index contributed by atoms with van der Waals surface area (Å²) >= 11 is 0. The van der Waals surface area contributed by atoms with Gasteiger partial charge in [0.1, 0.15) is 18.1 Å². The van der Waals surface area contributed by atoms with Crippen molar-refractivity contribution in [2.75, 3.05) is 0 Å². The van der Waals surface area contributed by atoms with Crippen LogP contribution in [-0.2, 0) is 13.0 Å². The van der Waals surface area contributed by atoms with Crippen molar-refractivity contribution in [3.63, 3.8) is 0 Å². The highest BCUT2D eigenvalue weighted by Gasteiger charge is 2.08. The summed E-state index contributed by atoms with van der Waals surface area (Å²) in [5.74, 6) is 0.0465. The van der Waals surface area contributed by atoms with Crippen LogP contribution >= 0.6 is 0 Å². The van der Waals surface area contributed by atoms with Crippen LogP contribution in [-0.4, -0.2) is 31.6 Å². The molecule has 0 saturated carbocycles. The van der Waals surface area contributed by atoms with E-state index in [-0.39, 0.29) is 18.4 Å². The molecule has 0 unspecified atom stereocenters. The summed E-state index contributed by atoms with van der Waals surface area (Å²) in [6.45, 7) is -0.730. The van der Waals surface area contributed by atoms with Gasteiger partial charge in [-0.3, -0.25) is 0 Å². The van der Waals surface area contributed by atoms with Crippen LogP contribution in [0, 0.1) is 0 Å². The minimum atomic E-state index is -2.88. The fraction of sp³-hybridized carbons (Fsp3) is 0.250. The first kappa shape index (κ1) is 16.7. The summed E-state index contributed by atoms with van der Waals surface area (Å²) in [5, 5.41) is 7.92. The molecule has 3 aromatic rings. The average Bonchev–Trinajstić information content (AvgIpc) is 3.09. The van der Waals surface area contributed by atoms with E-state index in [0.29, 0.717) is 11.4 Å². The summed E-state index contributed by atoms with van der Waals surface area (Å²) in [7, 11) is 0. The van der Waals surface area contributed by atoms with Crippen LogP contribution in [0.2, 0.25) is 0 Å². The molecule has 1 aromatic carbocycles. The molecular formula is C16H15F2N5O2. The maximum atomic E-state index is 12.3. The molecule has 0 radical (unpaired) electrons. The Labute approximate surface area is 142 Å². The van der Waals surface area contributed by atoms with Crippen molar-refractivity contribution in [2.24, 2.45) is 0 Å². The maximum Gasteiger partial charge on any atom is 0.387 e. The highest BCUT2D eigenvalue weighted by molar-refractivity contribution is 5.38. The van der Waals surface area contributed by atoms with Crippen molar-refractivity contribution in [3.8, 4) is 17.4 Å². The fourth-order valence-electron chi connectivity index (χ4n) is 2.03. The Bertz CT molecular complexity index is 823. The molecule has 0 aliphatic rings.